The molecule has 0 aliphatic carbocycles. The van der Waals surface area contributed by atoms with E-state index in [9.17, 15) is 0 Å². The van der Waals surface area contributed by atoms with Crippen LogP contribution >= 0.6 is 0 Å². The van der Waals surface area contributed by atoms with E-state index in [1.165, 1.54) is 25.7 Å². The Bertz CT molecular complexity index is 53.2. The van der Waals surface area contributed by atoms with Gasteiger partial charge in [-0.05, 0) is 18.9 Å². The first kappa shape index (κ1) is 8.96. The summed E-state index contributed by atoms with van der Waals surface area (Å²) in [5.41, 5.74) is 5.52. The van der Waals surface area contributed by atoms with Crippen molar-refractivity contribution in [2.24, 2.45) is 11.7 Å². The Morgan fingerprint density at radius 2 is 2.11 bits per heavy atom. The molecule has 0 saturated heterocycles. The smallest absolute Gasteiger partial charge is 0.330 e. The molecule has 0 spiro atoms. The van der Waals surface area contributed by atoms with E-state index in [1.807, 2.05) is 0 Å². The number of hydrogen-bond acceptors (Lipinski definition) is 1. The van der Waals surface area contributed by atoms with Gasteiger partial charge in [-0.15, -0.1) is 0 Å². The fourth-order valence-corrected chi connectivity index (χ4v) is 0.981. The highest BCUT2D eigenvalue weighted by Gasteiger charge is 2.00. The minimum atomic E-state index is 0. The molecule has 0 saturated carbocycles. The van der Waals surface area contributed by atoms with E-state index in [-0.39, 0.29) is 1.43 Å². The van der Waals surface area contributed by atoms with Crippen molar-refractivity contribution < 1.29 is 1.43 Å². The molecule has 0 aliphatic heterocycles. The maximum absolute atomic E-state index is 5.52. The van der Waals surface area contributed by atoms with Gasteiger partial charge in [0, 0.05) is 0 Å². The van der Waals surface area contributed by atoms with Crippen molar-refractivity contribution in [3.8, 4) is 0 Å². The zero-order valence-corrected chi connectivity index (χ0v) is 6.69. The van der Waals surface area contributed by atoms with Gasteiger partial charge in [-0.3, -0.25) is 0 Å². The average Bonchev–Trinajstić information content (AvgIpc) is 1.91. The second-order valence-corrected chi connectivity index (χ2v) is 2.65. The van der Waals surface area contributed by atoms with Crippen molar-refractivity contribution in [3.05, 3.63) is 0 Å². The fraction of sp³-hybridized carbons (Fsp3) is 1.00. The third-order valence-corrected chi connectivity index (χ3v) is 1.88. The Morgan fingerprint density at radius 1 is 1.44 bits per heavy atom. The Balaban J connectivity index is 0. The van der Waals surface area contributed by atoms with E-state index in [1.54, 1.807) is 0 Å². The van der Waals surface area contributed by atoms with Crippen LogP contribution in [-0.4, -0.2) is 6.54 Å². The molecule has 9 heavy (non-hydrogen) atoms. The quantitative estimate of drug-likeness (QED) is 0.607. The highest BCUT2D eigenvalue weighted by Crippen LogP contribution is 2.09. The number of nitrogens with two attached hydrogens (primary N) is 1. The van der Waals surface area contributed by atoms with Gasteiger partial charge in [-0.1, -0.05) is 33.1 Å². The zero-order valence-electron chi connectivity index (χ0n) is 7.69. The molecule has 0 aromatic carbocycles. The third kappa shape index (κ3) is 4.46. The maximum Gasteiger partial charge on any atom is 1.00 e. The van der Waals surface area contributed by atoms with Gasteiger partial charge in [0.1, 0.15) is 0 Å². The van der Waals surface area contributed by atoms with Gasteiger partial charge in [0.05, 0.1) is 0 Å². The van der Waals surface area contributed by atoms with Crippen LogP contribution in [-0.2, 0) is 0 Å². The first-order valence-electron chi connectivity index (χ1n) is 4.05. The first-order valence-corrected chi connectivity index (χ1v) is 4.05. The number of rotatable bonds is 5. The number of hydrogen-bond donors (Lipinski definition) is 1. The topological polar surface area (TPSA) is 26.0 Å². The molecule has 0 fully saturated rings. The van der Waals surface area contributed by atoms with Crippen LogP contribution in [0.5, 0.6) is 0 Å². The molecule has 1 heteroatoms. The molecule has 1 nitrogen and oxygen atoms in total. The van der Waals surface area contributed by atoms with Crippen LogP contribution < -0.4 is 5.73 Å². The molecule has 0 bridgehead atoms. The van der Waals surface area contributed by atoms with Crippen LogP contribution in [0.15, 0.2) is 0 Å². The summed E-state index contributed by atoms with van der Waals surface area (Å²) < 4.78 is 0. The van der Waals surface area contributed by atoms with E-state index in [0.717, 1.165) is 12.5 Å². The van der Waals surface area contributed by atoms with Crippen LogP contribution in [0.25, 0.3) is 0 Å². The van der Waals surface area contributed by atoms with E-state index in [0.29, 0.717) is 0 Å². The predicted molar refractivity (Wildman–Crippen MR) is 43.5 cm³/mol. The maximum atomic E-state index is 5.52. The minimum Gasteiger partial charge on any atom is -0.330 e. The molecule has 2 N–H and O–H groups in total. The van der Waals surface area contributed by atoms with Gasteiger partial charge in [0.15, 0.2) is 0 Å². The molecule has 0 aromatic rings. The van der Waals surface area contributed by atoms with Gasteiger partial charge in [0.25, 0.3) is 0 Å². The summed E-state index contributed by atoms with van der Waals surface area (Å²) in [6.07, 6.45) is 5.21. The molecule has 0 amide bonds. The van der Waals surface area contributed by atoms with Crippen molar-refractivity contribution in [2.45, 2.75) is 39.5 Å². The summed E-state index contributed by atoms with van der Waals surface area (Å²) in [7, 11) is 0. The normalized spacial score (nSPS) is 13.7. The molecular formula is C8H20N+. The summed E-state index contributed by atoms with van der Waals surface area (Å²) in [6.45, 7) is 5.31. The van der Waals surface area contributed by atoms with Crippen molar-refractivity contribution in [3.63, 3.8) is 0 Å². The summed E-state index contributed by atoms with van der Waals surface area (Å²) in [4.78, 5) is 0. The van der Waals surface area contributed by atoms with Gasteiger partial charge < -0.3 is 5.73 Å². The summed E-state index contributed by atoms with van der Waals surface area (Å²) >= 11 is 0. The summed E-state index contributed by atoms with van der Waals surface area (Å²) in [5, 5.41) is 0. The van der Waals surface area contributed by atoms with Crippen molar-refractivity contribution in [1.29, 1.82) is 0 Å². The second kappa shape index (κ2) is 6.09. The second-order valence-electron chi connectivity index (χ2n) is 2.65. The lowest BCUT2D eigenvalue weighted by molar-refractivity contribution is 0.461. The lowest BCUT2D eigenvalue weighted by atomic mass is 10.00. The monoisotopic (exact) mass is 130 g/mol. The molecule has 0 aliphatic rings. The van der Waals surface area contributed by atoms with E-state index < -0.39 is 0 Å². The largest absolute Gasteiger partial charge is 1.00 e. The molecule has 0 heterocycles. The van der Waals surface area contributed by atoms with Crippen molar-refractivity contribution in [2.75, 3.05) is 6.54 Å². The zero-order chi connectivity index (χ0) is 7.11. The lowest BCUT2D eigenvalue weighted by Crippen LogP contribution is -2.12. The SMILES string of the molecule is CCCCC(CC)CN.[H+]. The highest BCUT2D eigenvalue weighted by atomic mass is 14.5. The van der Waals surface area contributed by atoms with Gasteiger partial charge in [-0.2, -0.15) is 0 Å². The van der Waals surface area contributed by atoms with Crippen LogP contribution in [0.4, 0.5) is 0 Å². The molecule has 56 valence electrons. The first-order chi connectivity index (χ1) is 4.35. The predicted octanol–water partition coefficient (Wildman–Crippen LogP) is 2.27. The van der Waals surface area contributed by atoms with Crippen molar-refractivity contribution >= 4 is 0 Å². The van der Waals surface area contributed by atoms with E-state index in [4.69, 9.17) is 5.73 Å². The van der Waals surface area contributed by atoms with Crippen molar-refractivity contribution in [1.82, 2.24) is 0 Å². The van der Waals surface area contributed by atoms with Gasteiger partial charge in [-0.25, -0.2) is 0 Å². The van der Waals surface area contributed by atoms with Gasteiger partial charge in [0.2, 0.25) is 0 Å². The summed E-state index contributed by atoms with van der Waals surface area (Å²) in [6, 6.07) is 0. The highest BCUT2D eigenvalue weighted by molar-refractivity contribution is 4.56. The van der Waals surface area contributed by atoms with Gasteiger partial charge >= 0.3 is 1.43 Å². The lowest BCUT2D eigenvalue weighted by Gasteiger charge is -2.09. The standard InChI is InChI=1S/C8H19N/c1-3-5-6-8(4-2)7-9/h8H,3-7,9H2,1-2H3/p+1. The summed E-state index contributed by atoms with van der Waals surface area (Å²) in [5.74, 6) is 0.782. The van der Waals surface area contributed by atoms with Crippen LogP contribution in [0.1, 0.15) is 41.0 Å². The van der Waals surface area contributed by atoms with Crippen LogP contribution in [0, 0.1) is 5.92 Å². The average molecular weight is 130 g/mol. The van der Waals surface area contributed by atoms with Crippen LogP contribution in [0.2, 0.25) is 0 Å². The van der Waals surface area contributed by atoms with E-state index in [2.05, 4.69) is 13.8 Å². The Kier molecular flexibility index (Phi) is 6.06. The molecule has 1 unspecified atom stereocenters. The van der Waals surface area contributed by atoms with E-state index >= 15 is 0 Å². The fourth-order valence-electron chi connectivity index (χ4n) is 0.981. The molecule has 0 radical (unpaired) electrons. The number of unbranched alkanes of at least 4 members (excludes halogenated alkanes) is 1. The Labute approximate surface area is 60.1 Å². The molecule has 0 aromatic heterocycles. The minimum absolute atomic E-state index is 0. The molecular weight excluding hydrogens is 110 g/mol. The third-order valence-electron chi connectivity index (χ3n) is 1.88. The Hall–Kier alpha value is -0.0400. The Morgan fingerprint density at radius 3 is 2.44 bits per heavy atom. The molecule has 1 atom stereocenters. The van der Waals surface area contributed by atoms with Crippen LogP contribution in [0.3, 0.4) is 0 Å². The molecule has 0 rings (SSSR count).